The minimum absolute atomic E-state index is 0.0279. The number of carbonyl (C=O) groups is 2. The van der Waals surface area contributed by atoms with Crippen LogP contribution in [0.2, 0.25) is 0 Å². The number of hydrogen-bond donors (Lipinski definition) is 1. The van der Waals surface area contributed by atoms with E-state index in [1.54, 1.807) is 4.90 Å². The molecule has 2 amide bonds. The minimum Gasteiger partial charge on any atom is -0.343 e. The second kappa shape index (κ2) is 5.72. The molecule has 2 aliphatic rings. The quantitative estimate of drug-likeness (QED) is 0.828. The zero-order valence-electron chi connectivity index (χ0n) is 13.1. The lowest BCUT2D eigenvalue weighted by molar-refractivity contribution is -0.147. The summed E-state index contributed by atoms with van der Waals surface area (Å²) in [6.45, 7) is 9.25. The normalized spacial score (nSPS) is 27.9. The predicted molar refractivity (Wildman–Crippen MR) is 78.2 cm³/mol. The van der Waals surface area contributed by atoms with E-state index in [4.69, 9.17) is 0 Å². The molecule has 5 heteroatoms. The van der Waals surface area contributed by atoms with E-state index in [1.807, 2.05) is 13.8 Å². The van der Waals surface area contributed by atoms with Gasteiger partial charge in [0, 0.05) is 6.54 Å². The molecular weight excluding hydrogens is 254 g/mol. The average molecular weight is 281 g/mol. The summed E-state index contributed by atoms with van der Waals surface area (Å²) in [6, 6.07) is -0.355. The smallest absolute Gasteiger partial charge is 0.245 e. The van der Waals surface area contributed by atoms with Gasteiger partial charge >= 0.3 is 0 Å². The number of piperidine rings is 1. The first-order valence-corrected chi connectivity index (χ1v) is 7.57. The highest BCUT2D eigenvalue weighted by atomic mass is 16.2. The highest BCUT2D eigenvalue weighted by Gasteiger charge is 2.39. The number of rotatable bonds is 3. The van der Waals surface area contributed by atoms with Crippen LogP contribution in [0.1, 0.15) is 33.6 Å². The second-order valence-corrected chi connectivity index (χ2v) is 7.10. The number of hydrogen-bond acceptors (Lipinski definition) is 3. The predicted octanol–water partition coefficient (Wildman–Crippen LogP) is 0.701. The molecule has 1 N–H and O–H groups in total. The third-order valence-corrected chi connectivity index (χ3v) is 4.66. The number of piperazine rings is 1. The van der Waals surface area contributed by atoms with Crippen LogP contribution in [0.15, 0.2) is 0 Å². The number of likely N-dealkylation sites (tertiary alicyclic amines) is 1. The lowest BCUT2D eigenvalue weighted by atomic mass is 9.79. The molecule has 0 bridgehead atoms. The lowest BCUT2D eigenvalue weighted by Gasteiger charge is -2.43. The molecule has 1 atom stereocenters. The molecule has 20 heavy (non-hydrogen) atoms. The third kappa shape index (κ3) is 3.32. The Morgan fingerprint density at radius 1 is 1.30 bits per heavy atom. The molecule has 5 nitrogen and oxygen atoms in total. The standard InChI is InChI=1S/C15H27N3O2/c1-11(2)13-14(20)18(9-12(19)16-13)10-15(3)5-7-17(4)8-6-15/h11,13H,5-10H2,1-4H3,(H,16,19). The Labute approximate surface area is 121 Å². The van der Waals surface area contributed by atoms with Gasteiger partial charge in [-0.25, -0.2) is 0 Å². The van der Waals surface area contributed by atoms with Crippen molar-refractivity contribution in [3.63, 3.8) is 0 Å². The Bertz CT molecular complexity index is 387. The van der Waals surface area contributed by atoms with Gasteiger partial charge in [-0.3, -0.25) is 9.59 Å². The fraction of sp³-hybridized carbons (Fsp3) is 0.867. The van der Waals surface area contributed by atoms with Crippen molar-refractivity contribution < 1.29 is 9.59 Å². The van der Waals surface area contributed by atoms with E-state index in [1.165, 1.54) is 0 Å². The number of amides is 2. The van der Waals surface area contributed by atoms with Crippen molar-refractivity contribution in [3.8, 4) is 0 Å². The Balaban J connectivity index is 2.04. The maximum absolute atomic E-state index is 12.5. The van der Waals surface area contributed by atoms with Crippen molar-refractivity contribution in [1.29, 1.82) is 0 Å². The van der Waals surface area contributed by atoms with E-state index in [2.05, 4.69) is 24.2 Å². The molecule has 0 aromatic heterocycles. The molecule has 0 aromatic rings. The fourth-order valence-electron chi connectivity index (χ4n) is 3.09. The Morgan fingerprint density at radius 3 is 2.45 bits per heavy atom. The zero-order valence-corrected chi connectivity index (χ0v) is 13.1. The molecule has 2 rings (SSSR count). The maximum Gasteiger partial charge on any atom is 0.245 e. The Kier molecular flexibility index (Phi) is 4.37. The van der Waals surface area contributed by atoms with Crippen LogP contribution >= 0.6 is 0 Å². The van der Waals surface area contributed by atoms with Crippen LogP contribution in [0.5, 0.6) is 0 Å². The summed E-state index contributed by atoms with van der Waals surface area (Å²) in [5, 5.41) is 2.81. The van der Waals surface area contributed by atoms with Gasteiger partial charge in [-0.2, -0.15) is 0 Å². The van der Waals surface area contributed by atoms with Crippen LogP contribution in [-0.4, -0.2) is 60.9 Å². The van der Waals surface area contributed by atoms with Crippen molar-refractivity contribution in [3.05, 3.63) is 0 Å². The summed E-state index contributed by atoms with van der Waals surface area (Å²) in [4.78, 5) is 28.4. The van der Waals surface area contributed by atoms with Crippen molar-refractivity contribution in [2.75, 3.05) is 33.2 Å². The second-order valence-electron chi connectivity index (χ2n) is 7.10. The van der Waals surface area contributed by atoms with Crippen molar-refractivity contribution in [2.24, 2.45) is 11.3 Å². The van der Waals surface area contributed by atoms with E-state index in [9.17, 15) is 9.59 Å². The first kappa shape index (κ1) is 15.3. The molecule has 0 aliphatic carbocycles. The van der Waals surface area contributed by atoms with Gasteiger partial charge in [-0.1, -0.05) is 20.8 Å². The highest BCUT2D eigenvalue weighted by Crippen LogP contribution is 2.32. The molecule has 2 saturated heterocycles. The van der Waals surface area contributed by atoms with Gasteiger partial charge in [0.25, 0.3) is 0 Å². The minimum atomic E-state index is -0.355. The molecule has 0 radical (unpaired) electrons. The van der Waals surface area contributed by atoms with Crippen LogP contribution in [0.4, 0.5) is 0 Å². The molecule has 114 valence electrons. The average Bonchev–Trinajstić information content (AvgIpc) is 2.37. The highest BCUT2D eigenvalue weighted by molar-refractivity contribution is 5.95. The molecule has 2 fully saturated rings. The summed E-state index contributed by atoms with van der Waals surface area (Å²) < 4.78 is 0. The van der Waals surface area contributed by atoms with Crippen LogP contribution in [0, 0.1) is 11.3 Å². The first-order chi connectivity index (χ1) is 9.31. The van der Waals surface area contributed by atoms with E-state index in [0.717, 1.165) is 25.9 Å². The van der Waals surface area contributed by atoms with Crippen molar-refractivity contribution >= 4 is 11.8 Å². The Hall–Kier alpha value is -1.10. The molecule has 1 unspecified atom stereocenters. The molecule has 0 spiro atoms. The summed E-state index contributed by atoms with van der Waals surface area (Å²) in [6.07, 6.45) is 2.17. The largest absolute Gasteiger partial charge is 0.343 e. The monoisotopic (exact) mass is 281 g/mol. The van der Waals surface area contributed by atoms with Gasteiger partial charge in [0.1, 0.15) is 6.04 Å². The molecule has 0 aromatic carbocycles. The topological polar surface area (TPSA) is 52.7 Å². The van der Waals surface area contributed by atoms with Crippen molar-refractivity contribution in [2.45, 2.75) is 39.7 Å². The Morgan fingerprint density at radius 2 is 1.90 bits per heavy atom. The van der Waals surface area contributed by atoms with Gasteiger partial charge in [-0.15, -0.1) is 0 Å². The summed E-state index contributed by atoms with van der Waals surface area (Å²) in [5.74, 6) is 0.194. The third-order valence-electron chi connectivity index (χ3n) is 4.66. The van der Waals surface area contributed by atoms with Crippen molar-refractivity contribution in [1.82, 2.24) is 15.1 Å². The van der Waals surface area contributed by atoms with Crippen LogP contribution in [0.25, 0.3) is 0 Å². The summed E-state index contributed by atoms with van der Waals surface area (Å²) in [7, 11) is 2.13. The first-order valence-electron chi connectivity index (χ1n) is 7.57. The van der Waals surface area contributed by atoms with Crippen LogP contribution in [-0.2, 0) is 9.59 Å². The van der Waals surface area contributed by atoms with Gasteiger partial charge in [0.15, 0.2) is 0 Å². The maximum atomic E-state index is 12.5. The number of nitrogens with one attached hydrogen (secondary N) is 1. The van der Waals surface area contributed by atoms with E-state index in [-0.39, 0.29) is 35.7 Å². The summed E-state index contributed by atoms with van der Waals surface area (Å²) in [5.41, 5.74) is 0.140. The molecule has 0 saturated carbocycles. The molecular formula is C15H27N3O2. The fourth-order valence-corrected chi connectivity index (χ4v) is 3.09. The van der Waals surface area contributed by atoms with Gasteiger partial charge < -0.3 is 15.1 Å². The zero-order chi connectivity index (χ0) is 14.9. The van der Waals surface area contributed by atoms with Crippen LogP contribution in [0.3, 0.4) is 0 Å². The number of nitrogens with zero attached hydrogens (tertiary/aromatic N) is 2. The van der Waals surface area contributed by atoms with E-state index >= 15 is 0 Å². The van der Waals surface area contributed by atoms with Gasteiger partial charge in [0.2, 0.25) is 11.8 Å². The lowest BCUT2D eigenvalue weighted by Crippen LogP contribution is -2.61. The van der Waals surface area contributed by atoms with Crippen LogP contribution < -0.4 is 5.32 Å². The molecule has 2 heterocycles. The number of carbonyl (C=O) groups excluding carboxylic acids is 2. The van der Waals surface area contributed by atoms with Gasteiger partial charge in [-0.05, 0) is 44.3 Å². The van der Waals surface area contributed by atoms with E-state index in [0.29, 0.717) is 6.54 Å². The van der Waals surface area contributed by atoms with Gasteiger partial charge in [0.05, 0.1) is 6.54 Å². The SMILES string of the molecule is CC(C)C1NC(=O)CN(CC2(C)CCN(C)CC2)C1=O. The summed E-state index contributed by atoms with van der Waals surface area (Å²) >= 11 is 0. The molecule has 2 aliphatic heterocycles. The van der Waals surface area contributed by atoms with E-state index < -0.39 is 0 Å².